The van der Waals surface area contributed by atoms with E-state index in [1.54, 1.807) is 13.8 Å². The van der Waals surface area contributed by atoms with Crippen molar-refractivity contribution in [1.82, 2.24) is 4.98 Å². The first-order chi connectivity index (χ1) is 7.43. The first kappa shape index (κ1) is 10.7. The largest absolute Gasteiger partial charge is 0.506 e. The molecule has 0 aromatic carbocycles. The summed E-state index contributed by atoms with van der Waals surface area (Å²) in [5.74, 6) is -1.01. The second-order valence-electron chi connectivity index (χ2n) is 3.50. The number of carboxylic acids is 1. The highest BCUT2D eigenvalue weighted by atomic mass is 32.1. The van der Waals surface area contributed by atoms with Crippen LogP contribution < -0.4 is 5.73 Å². The third-order valence-corrected chi connectivity index (χ3v) is 3.55. The third-order valence-electron chi connectivity index (χ3n) is 2.46. The predicted molar refractivity (Wildman–Crippen MR) is 62.1 cm³/mol. The Hall–Kier alpha value is -1.82. The minimum atomic E-state index is -1.07. The van der Waals surface area contributed by atoms with Gasteiger partial charge in [-0.25, -0.2) is 9.78 Å². The van der Waals surface area contributed by atoms with Crippen molar-refractivity contribution in [3.8, 4) is 5.75 Å². The Kier molecular flexibility index (Phi) is 2.23. The summed E-state index contributed by atoms with van der Waals surface area (Å²) >= 11 is 1.02. The molecule has 0 spiro atoms. The Bertz CT molecular complexity index is 604. The summed E-state index contributed by atoms with van der Waals surface area (Å²) in [5, 5.41) is 19.2. The average Bonchev–Trinajstić information content (AvgIpc) is 2.52. The molecule has 0 bridgehead atoms. The molecule has 0 aliphatic rings. The molecule has 0 aliphatic carbocycles. The normalized spacial score (nSPS) is 10.9. The van der Waals surface area contributed by atoms with Gasteiger partial charge in [0.25, 0.3) is 0 Å². The lowest BCUT2D eigenvalue weighted by atomic mass is 10.1. The van der Waals surface area contributed by atoms with E-state index in [0.29, 0.717) is 21.5 Å². The standard InChI is InChI=1S/C10H10N2O3S/c1-3-5-6(11)8(10(14)15)16-9(5)12-4(2)7(3)13/h13H,11H2,1-2H3,(H,14,15). The molecule has 4 N–H and O–H groups in total. The average molecular weight is 238 g/mol. The van der Waals surface area contributed by atoms with Crippen LogP contribution in [-0.4, -0.2) is 21.2 Å². The Balaban J connectivity index is 2.93. The number of nitrogens with zero attached hydrogens (tertiary/aromatic N) is 1. The van der Waals surface area contributed by atoms with Crippen LogP contribution in [0.3, 0.4) is 0 Å². The predicted octanol–water partition coefficient (Wildman–Crippen LogP) is 1.90. The maximum atomic E-state index is 10.9. The molecule has 0 radical (unpaired) electrons. The van der Waals surface area contributed by atoms with Crippen LogP contribution in [0.5, 0.6) is 5.75 Å². The highest BCUT2D eigenvalue weighted by molar-refractivity contribution is 7.21. The van der Waals surface area contributed by atoms with Crippen LogP contribution in [0.2, 0.25) is 0 Å². The number of rotatable bonds is 1. The second kappa shape index (κ2) is 3.34. The summed E-state index contributed by atoms with van der Waals surface area (Å²) < 4.78 is 0. The third kappa shape index (κ3) is 1.30. The lowest BCUT2D eigenvalue weighted by Crippen LogP contribution is -1.97. The van der Waals surface area contributed by atoms with E-state index < -0.39 is 5.97 Å². The number of carbonyl (C=O) groups is 1. The summed E-state index contributed by atoms with van der Waals surface area (Å²) in [6, 6.07) is 0. The van der Waals surface area contributed by atoms with Crippen LogP contribution in [-0.2, 0) is 0 Å². The number of aromatic hydroxyl groups is 1. The van der Waals surface area contributed by atoms with Gasteiger partial charge in [0.15, 0.2) is 0 Å². The summed E-state index contributed by atoms with van der Waals surface area (Å²) in [6.45, 7) is 3.36. The quantitative estimate of drug-likeness (QED) is 0.705. The molecule has 0 atom stereocenters. The highest BCUT2D eigenvalue weighted by Crippen LogP contribution is 2.38. The zero-order chi connectivity index (χ0) is 12.0. The van der Waals surface area contributed by atoms with Crippen molar-refractivity contribution in [2.45, 2.75) is 13.8 Å². The van der Waals surface area contributed by atoms with Gasteiger partial charge in [0.2, 0.25) is 0 Å². The van der Waals surface area contributed by atoms with Crippen molar-refractivity contribution in [3.05, 3.63) is 16.1 Å². The van der Waals surface area contributed by atoms with Gasteiger partial charge >= 0.3 is 5.97 Å². The van der Waals surface area contributed by atoms with Gasteiger partial charge in [0.1, 0.15) is 15.5 Å². The van der Waals surface area contributed by atoms with E-state index in [1.165, 1.54) is 0 Å². The smallest absolute Gasteiger partial charge is 0.348 e. The molecule has 2 rings (SSSR count). The van der Waals surface area contributed by atoms with Crippen LogP contribution in [0.4, 0.5) is 5.69 Å². The molecule has 0 fully saturated rings. The van der Waals surface area contributed by atoms with Crippen molar-refractivity contribution >= 4 is 33.2 Å². The lowest BCUT2D eigenvalue weighted by Gasteiger charge is -2.03. The van der Waals surface area contributed by atoms with Crippen molar-refractivity contribution in [3.63, 3.8) is 0 Å². The number of nitrogens with two attached hydrogens (primary N) is 1. The van der Waals surface area contributed by atoms with E-state index >= 15 is 0 Å². The van der Waals surface area contributed by atoms with E-state index in [2.05, 4.69) is 4.98 Å². The Morgan fingerprint density at radius 3 is 2.62 bits per heavy atom. The molecule has 6 heteroatoms. The minimum absolute atomic E-state index is 0.0638. The molecule has 2 heterocycles. The van der Waals surface area contributed by atoms with Crippen LogP contribution >= 0.6 is 11.3 Å². The summed E-state index contributed by atoms with van der Waals surface area (Å²) in [7, 11) is 0. The van der Waals surface area contributed by atoms with Crippen molar-refractivity contribution in [2.75, 3.05) is 5.73 Å². The van der Waals surface area contributed by atoms with Crippen LogP contribution in [0.1, 0.15) is 20.9 Å². The van der Waals surface area contributed by atoms with Gasteiger partial charge in [0.05, 0.1) is 11.4 Å². The van der Waals surface area contributed by atoms with E-state index in [9.17, 15) is 9.90 Å². The van der Waals surface area contributed by atoms with Gasteiger partial charge in [-0.15, -0.1) is 11.3 Å². The van der Waals surface area contributed by atoms with E-state index in [1.807, 2.05) is 0 Å². The van der Waals surface area contributed by atoms with E-state index in [4.69, 9.17) is 10.8 Å². The fourth-order valence-electron chi connectivity index (χ4n) is 1.63. The monoisotopic (exact) mass is 238 g/mol. The second-order valence-corrected chi connectivity index (χ2v) is 4.50. The van der Waals surface area contributed by atoms with Gasteiger partial charge < -0.3 is 15.9 Å². The summed E-state index contributed by atoms with van der Waals surface area (Å²) in [5.41, 5.74) is 6.96. The number of fused-ring (bicyclic) bond motifs is 1. The van der Waals surface area contributed by atoms with Gasteiger partial charge in [0, 0.05) is 10.9 Å². The number of hydrogen-bond donors (Lipinski definition) is 3. The number of aryl methyl sites for hydroxylation is 2. The van der Waals surface area contributed by atoms with Crippen LogP contribution in [0.25, 0.3) is 10.2 Å². The minimum Gasteiger partial charge on any atom is -0.506 e. The number of thiophene rings is 1. The van der Waals surface area contributed by atoms with Crippen molar-refractivity contribution < 1.29 is 15.0 Å². The lowest BCUT2D eigenvalue weighted by molar-refractivity contribution is 0.0703. The molecule has 0 amide bonds. The molecule has 16 heavy (non-hydrogen) atoms. The molecule has 0 unspecified atom stereocenters. The van der Waals surface area contributed by atoms with Gasteiger partial charge in [-0.1, -0.05) is 0 Å². The maximum absolute atomic E-state index is 10.9. The number of carboxylic acid groups (broad SMARTS) is 1. The number of aromatic nitrogens is 1. The number of anilines is 1. The number of pyridine rings is 1. The Morgan fingerprint density at radius 2 is 2.06 bits per heavy atom. The molecular weight excluding hydrogens is 228 g/mol. The summed E-state index contributed by atoms with van der Waals surface area (Å²) in [4.78, 5) is 15.6. The molecule has 2 aromatic heterocycles. The Labute approximate surface area is 95.2 Å². The molecule has 5 nitrogen and oxygen atoms in total. The van der Waals surface area contributed by atoms with Crippen molar-refractivity contribution in [1.29, 1.82) is 0 Å². The first-order valence-electron chi connectivity index (χ1n) is 4.55. The Morgan fingerprint density at radius 1 is 1.44 bits per heavy atom. The zero-order valence-corrected chi connectivity index (χ0v) is 9.55. The molecular formula is C10H10N2O3S. The molecule has 0 saturated heterocycles. The first-order valence-corrected chi connectivity index (χ1v) is 5.36. The van der Waals surface area contributed by atoms with E-state index in [-0.39, 0.29) is 16.3 Å². The van der Waals surface area contributed by atoms with Gasteiger partial charge in [-0.3, -0.25) is 0 Å². The number of nitrogen functional groups attached to an aromatic ring is 1. The van der Waals surface area contributed by atoms with Crippen LogP contribution in [0.15, 0.2) is 0 Å². The van der Waals surface area contributed by atoms with Gasteiger partial charge in [-0.05, 0) is 13.8 Å². The topological polar surface area (TPSA) is 96.4 Å². The maximum Gasteiger partial charge on any atom is 0.348 e. The number of hydrogen-bond acceptors (Lipinski definition) is 5. The van der Waals surface area contributed by atoms with Gasteiger partial charge in [-0.2, -0.15) is 0 Å². The van der Waals surface area contributed by atoms with Crippen molar-refractivity contribution in [2.24, 2.45) is 0 Å². The molecule has 84 valence electrons. The fourth-order valence-corrected chi connectivity index (χ4v) is 2.67. The molecule has 0 aliphatic heterocycles. The fraction of sp³-hybridized carbons (Fsp3) is 0.200. The highest BCUT2D eigenvalue weighted by Gasteiger charge is 2.20. The zero-order valence-electron chi connectivity index (χ0n) is 8.74. The SMILES string of the molecule is Cc1nc2sc(C(=O)O)c(N)c2c(C)c1O. The van der Waals surface area contributed by atoms with Crippen LogP contribution in [0, 0.1) is 13.8 Å². The summed E-state index contributed by atoms with van der Waals surface area (Å²) in [6.07, 6.45) is 0. The molecule has 0 saturated carbocycles. The van der Waals surface area contributed by atoms with E-state index in [0.717, 1.165) is 11.3 Å². The molecule has 2 aromatic rings. The number of aromatic carboxylic acids is 1.